The second-order valence-electron chi connectivity index (χ2n) is 6.80. The highest BCUT2D eigenvalue weighted by Gasteiger charge is 2.02. The monoisotopic (exact) mass is 540 g/mol. The topological polar surface area (TPSA) is 84.0 Å². The lowest BCUT2D eigenvalue weighted by Gasteiger charge is -2.13. The van der Waals surface area contributed by atoms with Crippen LogP contribution in [0, 0.1) is 6.92 Å². The number of carbonyl (C=O) groups is 1. The number of methoxy groups -OCH3 is 1. The van der Waals surface area contributed by atoms with Crippen molar-refractivity contribution in [3.05, 3.63) is 53.6 Å². The number of nitrogens with zero attached hydrogens (tertiary/aromatic N) is 1. The first-order valence-electron chi connectivity index (χ1n) is 10.2. The van der Waals surface area contributed by atoms with Crippen LogP contribution in [0.5, 0.6) is 11.5 Å². The van der Waals surface area contributed by atoms with Gasteiger partial charge in [-0.15, -0.1) is 24.0 Å². The third-order valence-electron chi connectivity index (χ3n) is 4.30. The normalized spacial score (nSPS) is 10.6. The van der Waals surface area contributed by atoms with Crippen molar-refractivity contribution in [2.75, 3.05) is 38.7 Å². The maximum atomic E-state index is 11.2. The number of anilines is 1. The van der Waals surface area contributed by atoms with E-state index in [1.54, 1.807) is 13.2 Å². The summed E-state index contributed by atoms with van der Waals surface area (Å²) >= 11 is 0. The van der Waals surface area contributed by atoms with Crippen LogP contribution in [0.25, 0.3) is 0 Å². The minimum Gasteiger partial charge on any atom is -0.496 e. The van der Waals surface area contributed by atoms with Crippen molar-refractivity contribution in [1.29, 1.82) is 0 Å². The van der Waals surface area contributed by atoms with Gasteiger partial charge in [0.15, 0.2) is 5.96 Å². The molecule has 2 aromatic carbocycles. The van der Waals surface area contributed by atoms with Crippen molar-refractivity contribution < 1.29 is 14.3 Å². The lowest BCUT2D eigenvalue weighted by atomic mass is 10.1. The Kier molecular flexibility index (Phi) is 12.4. The predicted octanol–water partition coefficient (Wildman–Crippen LogP) is 3.76. The molecule has 0 saturated heterocycles. The van der Waals surface area contributed by atoms with E-state index in [4.69, 9.17) is 9.47 Å². The summed E-state index contributed by atoms with van der Waals surface area (Å²) in [6.07, 6.45) is 0.833. The number of amides is 1. The molecule has 8 heteroatoms. The molecule has 170 valence electrons. The van der Waals surface area contributed by atoms with E-state index < -0.39 is 0 Å². The van der Waals surface area contributed by atoms with Gasteiger partial charge in [-0.1, -0.05) is 18.2 Å². The summed E-state index contributed by atoms with van der Waals surface area (Å²) in [5, 5.41) is 9.26. The Morgan fingerprint density at radius 3 is 2.65 bits per heavy atom. The third kappa shape index (κ3) is 9.91. The zero-order chi connectivity index (χ0) is 21.8. The fourth-order valence-electron chi connectivity index (χ4n) is 2.86. The van der Waals surface area contributed by atoms with Crippen LogP contribution in [0.15, 0.2) is 47.5 Å². The highest BCUT2D eigenvalue weighted by Crippen LogP contribution is 2.19. The Balaban J connectivity index is 0.00000480. The van der Waals surface area contributed by atoms with Crippen molar-refractivity contribution in [3.8, 4) is 11.5 Å². The molecule has 2 aromatic rings. The van der Waals surface area contributed by atoms with Gasteiger partial charge in [0.05, 0.1) is 13.7 Å². The molecule has 1 amide bonds. The molecule has 7 nitrogen and oxygen atoms in total. The number of aliphatic imine (C=N–C) groups is 1. The molecule has 31 heavy (non-hydrogen) atoms. The van der Waals surface area contributed by atoms with Crippen LogP contribution >= 0.6 is 24.0 Å². The summed E-state index contributed by atoms with van der Waals surface area (Å²) in [4.78, 5) is 15.8. The summed E-state index contributed by atoms with van der Waals surface area (Å²) in [6, 6.07) is 13.6. The van der Waals surface area contributed by atoms with Crippen LogP contribution in [-0.2, 0) is 11.2 Å². The number of carbonyl (C=O) groups excluding carboxylic acids is 1. The van der Waals surface area contributed by atoms with Crippen LogP contribution in [0.4, 0.5) is 5.69 Å². The second kappa shape index (κ2) is 14.5. The third-order valence-corrected chi connectivity index (χ3v) is 4.30. The molecule has 0 fully saturated rings. The molecule has 0 aliphatic rings. The van der Waals surface area contributed by atoms with Crippen LogP contribution in [0.3, 0.4) is 0 Å². The first kappa shape index (κ1) is 26.5. The summed E-state index contributed by atoms with van der Waals surface area (Å²) in [5.74, 6) is 2.26. The van der Waals surface area contributed by atoms with E-state index in [9.17, 15) is 4.79 Å². The number of rotatable bonds is 10. The van der Waals surface area contributed by atoms with E-state index in [0.29, 0.717) is 25.4 Å². The van der Waals surface area contributed by atoms with Gasteiger partial charge in [-0.25, -0.2) is 0 Å². The Bertz CT molecular complexity index is 858. The number of hydrogen-bond donors (Lipinski definition) is 3. The highest BCUT2D eigenvalue weighted by atomic mass is 127. The first-order valence-corrected chi connectivity index (χ1v) is 10.2. The van der Waals surface area contributed by atoms with Gasteiger partial charge < -0.3 is 25.4 Å². The van der Waals surface area contributed by atoms with Crippen LogP contribution in [0.1, 0.15) is 25.0 Å². The van der Waals surface area contributed by atoms with E-state index in [-0.39, 0.29) is 29.9 Å². The molecule has 0 heterocycles. The van der Waals surface area contributed by atoms with Gasteiger partial charge >= 0.3 is 0 Å². The molecule has 0 radical (unpaired) electrons. The summed E-state index contributed by atoms with van der Waals surface area (Å²) in [7, 11) is 1.69. The van der Waals surface area contributed by atoms with Gasteiger partial charge in [0, 0.05) is 31.8 Å². The van der Waals surface area contributed by atoms with Gasteiger partial charge in [-0.3, -0.25) is 9.79 Å². The quantitative estimate of drug-likeness (QED) is 0.185. The lowest BCUT2D eigenvalue weighted by Crippen LogP contribution is -2.39. The Morgan fingerprint density at radius 2 is 1.94 bits per heavy atom. The Labute approximate surface area is 202 Å². The second-order valence-corrected chi connectivity index (χ2v) is 6.80. The van der Waals surface area contributed by atoms with E-state index in [2.05, 4.69) is 39.1 Å². The van der Waals surface area contributed by atoms with Crippen molar-refractivity contribution in [2.24, 2.45) is 4.99 Å². The van der Waals surface area contributed by atoms with E-state index in [1.807, 2.05) is 32.0 Å². The number of benzene rings is 2. The van der Waals surface area contributed by atoms with Crippen molar-refractivity contribution >= 4 is 41.5 Å². The zero-order valence-corrected chi connectivity index (χ0v) is 21.0. The van der Waals surface area contributed by atoms with E-state index in [0.717, 1.165) is 35.9 Å². The minimum atomic E-state index is -0.107. The zero-order valence-electron chi connectivity index (χ0n) is 18.7. The van der Waals surface area contributed by atoms with Gasteiger partial charge in [0.2, 0.25) is 5.91 Å². The molecule has 0 aliphatic carbocycles. The molecule has 3 N–H and O–H groups in total. The number of guanidine groups is 1. The van der Waals surface area contributed by atoms with E-state index in [1.165, 1.54) is 12.5 Å². The molecule has 0 aromatic heterocycles. The van der Waals surface area contributed by atoms with E-state index >= 15 is 0 Å². The Hall–Kier alpha value is -2.49. The van der Waals surface area contributed by atoms with Gasteiger partial charge in [0.1, 0.15) is 18.1 Å². The van der Waals surface area contributed by atoms with Crippen molar-refractivity contribution in [3.63, 3.8) is 0 Å². The van der Waals surface area contributed by atoms with Gasteiger partial charge in [-0.05, 0) is 49.6 Å². The van der Waals surface area contributed by atoms with Crippen LogP contribution in [0.2, 0.25) is 0 Å². The summed E-state index contributed by atoms with van der Waals surface area (Å²) in [6.45, 7) is 8.08. The standard InChI is InChI=1S/C23H32N4O3.HI/c1-5-24-23(25-12-11-19-10-9-17(2)22(15-19)29-4)26-13-14-30-21-8-6-7-20(16-21)27-18(3)28;/h6-10,15-16H,5,11-14H2,1-4H3,(H,27,28)(H2,24,25,26);1H. The molecular weight excluding hydrogens is 507 g/mol. The highest BCUT2D eigenvalue weighted by molar-refractivity contribution is 14.0. The molecule has 2 rings (SSSR count). The average molecular weight is 540 g/mol. The molecule has 0 bridgehead atoms. The fraction of sp³-hybridized carbons (Fsp3) is 0.391. The maximum Gasteiger partial charge on any atom is 0.221 e. The van der Waals surface area contributed by atoms with Crippen LogP contribution in [-0.4, -0.2) is 45.2 Å². The molecule has 0 aliphatic heterocycles. The van der Waals surface area contributed by atoms with Gasteiger partial charge in [0.25, 0.3) is 0 Å². The largest absolute Gasteiger partial charge is 0.496 e. The molecule has 0 unspecified atom stereocenters. The Morgan fingerprint density at radius 1 is 1.13 bits per heavy atom. The van der Waals surface area contributed by atoms with Crippen molar-refractivity contribution in [1.82, 2.24) is 10.6 Å². The number of aryl methyl sites for hydroxylation is 1. The number of halogens is 1. The molecule has 0 atom stereocenters. The first-order chi connectivity index (χ1) is 14.5. The molecular formula is C23H33IN4O3. The average Bonchev–Trinajstić information content (AvgIpc) is 2.72. The van der Waals surface area contributed by atoms with Crippen molar-refractivity contribution in [2.45, 2.75) is 27.2 Å². The number of ether oxygens (including phenoxy) is 2. The summed E-state index contributed by atoms with van der Waals surface area (Å²) in [5.41, 5.74) is 3.04. The minimum absolute atomic E-state index is 0. The molecule has 0 spiro atoms. The van der Waals surface area contributed by atoms with Gasteiger partial charge in [-0.2, -0.15) is 0 Å². The fourth-order valence-corrected chi connectivity index (χ4v) is 2.86. The maximum absolute atomic E-state index is 11.2. The number of hydrogen-bond acceptors (Lipinski definition) is 4. The SMILES string of the molecule is CCNC(=NCCc1ccc(C)c(OC)c1)NCCOc1cccc(NC(C)=O)c1.I. The smallest absolute Gasteiger partial charge is 0.221 e. The summed E-state index contributed by atoms with van der Waals surface area (Å²) < 4.78 is 11.1. The number of nitrogens with one attached hydrogen (secondary N) is 3. The molecule has 0 saturated carbocycles. The lowest BCUT2D eigenvalue weighted by molar-refractivity contribution is -0.114. The van der Waals surface area contributed by atoms with Crippen LogP contribution < -0.4 is 25.4 Å². The predicted molar refractivity (Wildman–Crippen MR) is 137 cm³/mol.